The number of fused-ring (bicyclic) bond motifs is 2. The fraction of sp³-hybridized carbons (Fsp3) is 0.560. The zero-order valence-corrected chi connectivity index (χ0v) is 18.8. The highest BCUT2D eigenvalue weighted by Crippen LogP contribution is 2.47. The highest BCUT2D eigenvalue weighted by molar-refractivity contribution is 5.98. The summed E-state index contributed by atoms with van der Waals surface area (Å²) in [6.07, 6.45) is 9.85. The van der Waals surface area contributed by atoms with E-state index in [2.05, 4.69) is 27.0 Å². The van der Waals surface area contributed by atoms with Crippen LogP contribution in [0.15, 0.2) is 30.5 Å². The molecule has 1 aromatic heterocycles. The molecule has 170 valence electrons. The molecule has 2 heterocycles. The monoisotopic (exact) mass is 435 g/mol. The number of nitrogens with zero attached hydrogens (tertiary/aromatic N) is 2. The molecule has 2 fully saturated rings. The first-order valence-electron chi connectivity index (χ1n) is 11.9. The van der Waals surface area contributed by atoms with E-state index in [9.17, 15) is 4.79 Å². The quantitative estimate of drug-likeness (QED) is 0.579. The highest BCUT2D eigenvalue weighted by atomic mass is 16.5. The molecule has 3 N–H and O–H groups in total. The van der Waals surface area contributed by atoms with Crippen molar-refractivity contribution < 1.29 is 9.53 Å². The minimum absolute atomic E-state index is 0.0430. The van der Waals surface area contributed by atoms with E-state index in [4.69, 9.17) is 9.72 Å². The van der Waals surface area contributed by atoms with Crippen LogP contribution < -0.4 is 16.0 Å². The Morgan fingerprint density at radius 3 is 2.72 bits per heavy atom. The van der Waals surface area contributed by atoms with Crippen LogP contribution in [0.1, 0.15) is 60.9 Å². The van der Waals surface area contributed by atoms with Gasteiger partial charge in [0.2, 0.25) is 5.95 Å². The first-order valence-corrected chi connectivity index (χ1v) is 11.9. The Bertz CT molecular complexity index is 967. The summed E-state index contributed by atoms with van der Waals surface area (Å²) in [5.74, 6) is 0.730. The SMILES string of the molecule is COCCN[C@H]1CC[C@H](Nc2nccc(-c3ccc4c(c3)C3(CCC3)CNC4=O)n2)CC1. The van der Waals surface area contributed by atoms with Gasteiger partial charge in [0.1, 0.15) is 0 Å². The third-order valence-corrected chi connectivity index (χ3v) is 7.48. The summed E-state index contributed by atoms with van der Waals surface area (Å²) >= 11 is 0. The maximum atomic E-state index is 12.4. The Hall–Kier alpha value is -2.51. The van der Waals surface area contributed by atoms with Crippen LogP contribution in [0.25, 0.3) is 11.3 Å². The van der Waals surface area contributed by atoms with Crippen molar-refractivity contribution in [3.05, 3.63) is 41.6 Å². The number of carbonyl (C=O) groups is 1. The molecule has 2 saturated carbocycles. The minimum Gasteiger partial charge on any atom is -0.383 e. The van der Waals surface area contributed by atoms with Crippen LogP contribution in [-0.2, 0) is 10.2 Å². The summed E-state index contributed by atoms with van der Waals surface area (Å²) in [6, 6.07) is 9.10. The number of hydrogen-bond donors (Lipinski definition) is 3. The van der Waals surface area contributed by atoms with Crippen LogP contribution in [-0.4, -0.2) is 54.8 Å². The van der Waals surface area contributed by atoms with Gasteiger partial charge in [-0.15, -0.1) is 0 Å². The van der Waals surface area contributed by atoms with Crippen molar-refractivity contribution >= 4 is 11.9 Å². The van der Waals surface area contributed by atoms with Crippen LogP contribution in [0.5, 0.6) is 0 Å². The Morgan fingerprint density at radius 2 is 1.97 bits per heavy atom. The predicted molar refractivity (Wildman–Crippen MR) is 125 cm³/mol. The summed E-state index contributed by atoms with van der Waals surface area (Å²) in [5, 5.41) is 10.2. The topological polar surface area (TPSA) is 88.2 Å². The molecule has 1 amide bonds. The van der Waals surface area contributed by atoms with Gasteiger partial charge >= 0.3 is 0 Å². The van der Waals surface area contributed by atoms with Gasteiger partial charge in [-0.25, -0.2) is 9.97 Å². The number of ether oxygens (including phenoxy) is 1. The molecule has 7 heteroatoms. The molecule has 3 aliphatic rings. The molecule has 5 rings (SSSR count). The average molecular weight is 436 g/mol. The normalized spacial score (nSPS) is 23.8. The van der Waals surface area contributed by atoms with Gasteiger partial charge in [0.05, 0.1) is 12.3 Å². The molecule has 0 atom stereocenters. The lowest BCUT2D eigenvalue weighted by Gasteiger charge is -2.46. The van der Waals surface area contributed by atoms with Crippen molar-refractivity contribution in [2.45, 2.75) is 62.4 Å². The highest BCUT2D eigenvalue weighted by Gasteiger charge is 2.44. The number of nitrogens with one attached hydrogen (secondary N) is 3. The van der Waals surface area contributed by atoms with Crippen molar-refractivity contribution in [2.24, 2.45) is 0 Å². The summed E-state index contributed by atoms with van der Waals surface area (Å²) in [6.45, 7) is 2.42. The number of benzene rings is 1. The molecule has 2 aliphatic carbocycles. The Labute approximate surface area is 189 Å². The van der Waals surface area contributed by atoms with E-state index in [0.717, 1.165) is 75.0 Å². The number of aromatic nitrogens is 2. The van der Waals surface area contributed by atoms with E-state index in [1.807, 2.05) is 24.4 Å². The first-order chi connectivity index (χ1) is 15.7. The molecule has 0 saturated heterocycles. The van der Waals surface area contributed by atoms with Gasteiger partial charge < -0.3 is 20.7 Å². The maximum absolute atomic E-state index is 12.4. The molecular formula is C25H33N5O2. The molecule has 0 bridgehead atoms. The maximum Gasteiger partial charge on any atom is 0.251 e. The van der Waals surface area contributed by atoms with Crippen molar-refractivity contribution in [2.75, 3.05) is 32.1 Å². The minimum atomic E-state index is 0.0430. The molecule has 2 aromatic rings. The number of rotatable bonds is 7. The van der Waals surface area contributed by atoms with Crippen molar-refractivity contribution in [3.8, 4) is 11.3 Å². The summed E-state index contributed by atoms with van der Waals surface area (Å²) in [4.78, 5) is 21.7. The third kappa shape index (κ3) is 4.24. The molecule has 0 unspecified atom stereocenters. The average Bonchev–Trinajstić information content (AvgIpc) is 2.80. The van der Waals surface area contributed by atoms with Crippen LogP contribution in [0.3, 0.4) is 0 Å². The van der Waals surface area contributed by atoms with E-state index in [0.29, 0.717) is 18.0 Å². The molecule has 7 nitrogen and oxygen atoms in total. The van der Waals surface area contributed by atoms with Crippen LogP contribution in [0, 0.1) is 0 Å². The van der Waals surface area contributed by atoms with Gasteiger partial charge in [0.15, 0.2) is 0 Å². The largest absolute Gasteiger partial charge is 0.383 e. The van der Waals surface area contributed by atoms with E-state index < -0.39 is 0 Å². The van der Waals surface area contributed by atoms with Gasteiger partial charge in [-0.3, -0.25) is 4.79 Å². The lowest BCUT2D eigenvalue weighted by molar-refractivity contribution is 0.0896. The molecule has 1 spiro atoms. The van der Waals surface area contributed by atoms with E-state index >= 15 is 0 Å². The first kappa shape index (κ1) is 21.3. The van der Waals surface area contributed by atoms with Gasteiger partial charge in [0.25, 0.3) is 5.91 Å². The van der Waals surface area contributed by atoms with Crippen molar-refractivity contribution in [1.29, 1.82) is 0 Å². The zero-order valence-electron chi connectivity index (χ0n) is 18.8. The predicted octanol–water partition coefficient (Wildman–Crippen LogP) is 3.27. The van der Waals surface area contributed by atoms with Crippen molar-refractivity contribution in [3.63, 3.8) is 0 Å². The molecule has 1 aliphatic heterocycles. The van der Waals surface area contributed by atoms with Gasteiger partial charge in [-0.05, 0) is 62.3 Å². The van der Waals surface area contributed by atoms with Gasteiger partial charge in [-0.2, -0.15) is 0 Å². The fourth-order valence-corrected chi connectivity index (χ4v) is 5.41. The number of carbonyl (C=O) groups excluding carboxylic acids is 1. The lowest BCUT2D eigenvalue weighted by Crippen LogP contribution is -2.50. The number of anilines is 1. The number of methoxy groups -OCH3 is 1. The molecular weight excluding hydrogens is 402 g/mol. The summed E-state index contributed by atoms with van der Waals surface area (Å²) in [5.41, 5.74) is 4.09. The Morgan fingerprint density at radius 1 is 1.16 bits per heavy atom. The second kappa shape index (κ2) is 9.16. The summed E-state index contributed by atoms with van der Waals surface area (Å²) in [7, 11) is 1.74. The van der Waals surface area contributed by atoms with E-state index in [1.165, 1.54) is 12.0 Å². The standard InChI is InChI=1S/C25H33N5O2/c1-32-14-13-26-18-4-6-19(7-5-18)29-24-27-12-9-22(30-24)17-3-8-20-21(15-17)25(10-2-11-25)16-28-23(20)31/h3,8-9,12,15,18-19,26H,2,4-7,10-11,13-14,16H2,1H3,(H,28,31)(H,27,29,30)/t18-,19-. The Balaban J connectivity index is 1.27. The molecule has 1 aromatic carbocycles. The van der Waals surface area contributed by atoms with Crippen LogP contribution in [0.2, 0.25) is 0 Å². The van der Waals surface area contributed by atoms with E-state index in [1.54, 1.807) is 7.11 Å². The third-order valence-electron chi connectivity index (χ3n) is 7.48. The molecule has 0 radical (unpaired) electrons. The number of hydrogen-bond acceptors (Lipinski definition) is 6. The lowest BCUT2D eigenvalue weighted by atomic mass is 9.61. The van der Waals surface area contributed by atoms with E-state index in [-0.39, 0.29) is 11.3 Å². The zero-order chi connectivity index (χ0) is 22.0. The van der Waals surface area contributed by atoms with Gasteiger partial charge in [0, 0.05) is 55.0 Å². The summed E-state index contributed by atoms with van der Waals surface area (Å²) < 4.78 is 5.13. The fourth-order valence-electron chi connectivity index (χ4n) is 5.41. The second-order valence-corrected chi connectivity index (χ2v) is 9.48. The Kier molecular flexibility index (Phi) is 6.11. The second-order valence-electron chi connectivity index (χ2n) is 9.48. The van der Waals surface area contributed by atoms with Crippen LogP contribution in [0.4, 0.5) is 5.95 Å². The number of amides is 1. The van der Waals surface area contributed by atoms with Crippen molar-refractivity contribution in [1.82, 2.24) is 20.6 Å². The van der Waals surface area contributed by atoms with Gasteiger partial charge in [-0.1, -0.05) is 12.5 Å². The molecule has 32 heavy (non-hydrogen) atoms. The van der Waals surface area contributed by atoms with Crippen LogP contribution >= 0.6 is 0 Å². The smallest absolute Gasteiger partial charge is 0.251 e.